The SMILES string of the molecule is COC(=O)[C@H](N)c1ccc(Br)o1.Cl. The summed E-state index contributed by atoms with van der Waals surface area (Å²) >= 11 is 3.10. The van der Waals surface area contributed by atoms with Crippen LogP contribution in [0, 0.1) is 0 Å². The van der Waals surface area contributed by atoms with E-state index in [0.29, 0.717) is 10.4 Å². The van der Waals surface area contributed by atoms with E-state index in [2.05, 4.69) is 20.7 Å². The Hall–Kier alpha value is -0.520. The van der Waals surface area contributed by atoms with Gasteiger partial charge in [0.15, 0.2) is 10.7 Å². The monoisotopic (exact) mass is 269 g/mol. The molecule has 0 saturated carbocycles. The normalized spacial score (nSPS) is 11.6. The van der Waals surface area contributed by atoms with Crippen molar-refractivity contribution in [3.05, 3.63) is 22.6 Å². The van der Waals surface area contributed by atoms with Gasteiger partial charge in [-0.15, -0.1) is 12.4 Å². The van der Waals surface area contributed by atoms with E-state index in [9.17, 15) is 4.79 Å². The Labute approximate surface area is 90.0 Å². The number of hydrogen-bond acceptors (Lipinski definition) is 4. The number of rotatable bonds is 2. The van der Waals surface area contributed by atoms with Gasteiger partial charge in [-0.05, 0) is 28.1 Å². The van der Waals surface area contributed by atoms with Crippen LogP contribution in [0.25, 0.3) is 0 Å². The van der Waals surface area contributed by atoms with E-state index in [1.807, 2.05) is 0 Å². The summed E-state index contributed by atoms with van der Waals surface area (Å²) in [6.45, 7) is 0. The highest BCUT2D eigenvalue weighted by Crippen LogP contribution is 2.19. The molecule has 0 saturated heterocycles. The van der Waals surface area contributed by atoms with Gasteiger partial charge in [-0.2, -0.15) is 0 Å². The number of halogens is 2. The minimum Gasteiger partial charge on any atom is -0.468 e. The lowest BCUT2D eigenvalue weighted by Crippen LogP contribution is -2.21. The van der Waals surface area contributed by atoms with Crippen molar-refractivity contribution in [2.45, 2.75) is 6.04 Å². The summed E-state index contributed by atoms with van der Waals surface area (Å²) in [6.07, 6.45) is 0. The predicted molar refractivity (Wildman–Crippen MR) is 52.6 cm³/mol. The second-order valence-electron chi connectivity index (χ2n) is 2.14. The molecule has 6 heteroatoms. The molecule has 0 aliphatic rings. The number of furan rings is 1. The largest absolute Gasteiger partial charge is 0.468 e. The number of esters is 1. The van der Waals surface area contributed by atoms with Crippen LogP contribution in [-0.4, -0.2) is 13.1 Å². The molecule has 0 spiro atoms. The van der Waals surface area contributed by atoms with Crippen molar-refractivity contribution in [1.29, 1.82) is 0 Å². The summed E-state index contributed by atoms with van der Waals surface area (Å²) in [5.74, 6) is -0.134. The summed E-state index contributed by atoms with van der Waals surface area (Å²) in [7, 11) is 1.28. The molecular weight excluding hydrogens is 261 g/mol. The van der Waals surface area contributed by atoms with E-state index in [1.165, 1.54) is 7.11 Å². The van der Waals surface area contributed by atoms with Gasteiger partial charge in [0.25, 0.3) is 0 Å². The van der Waals surface area contributed by atoms with E-state index in [0.717, 1.165) is 0 Å². The summed E-state index contributed by atoms with van der Waals surface area (Å²) in [5.41, 5.74) is 5.47. The summed E-state index contributed by atoms with van der Waals surface area (Å²) in [5, 5.41) is 0. The third-order valence-corrected chi connectivity index (χ3v) is 1.78. The van der Waals surface area contributed by atoms with Gasteiger partial charge in [0, 0.05) is 0 Å². The molecule has 1 heterocycles. The first-order chi connectivity index (χ1) is 5.65. The van der Waals surface area contributed by atoms with Crippen molar-refractivity contribution in [1.82, 2.24) is 0 Å². The van der Waals surface area contributed by atoms with Gasteiger partial charge >= 0.3 is 5.97 Å². The zero-order valence-electron chi connectivity index (χ0n) is 6.82. The number of carbonyl (C=O) groups excluding carboxylic acids is 1. The maximum absolute atomic E-state index is 10.9. The molecule has 0 fully saturated rings. The average Bonchev–Trinajstić information content (AvgIpc) is 2.49. The third kappa shape index (κ3) is 3.02. The van der Waals surface area contributed by atoms with Crippen molar-refractivity contribution in [2.24, 2.45) is 5.73 Å². The molecule has 0 aromatic carbocycles. The van der Waals surface area contributed by atoms with Crippen LogP contribution in [0.3, 0.4) is 0 Å². The van der Waals surface area contributed by atoms with Gasteiger partial charge < -0.3 is 14.9 Å². The Bertz CT molecular complexity index is 289. The highest BCUT2D eigenvalue weighted by molar-refractivity contribution is 9.10. The zero-order chi connectivity index (χ0) is 9.14. The maximum Gasteiger partial charge on any atom is 0.330 e. The Morgan fingerprint density at radius 2 is 2.31 bits per heavy atom. The van der Waals surface area contributed by atoms with Crippen LogP contribution in [0.4, 0.5) is 0 Å². The molecule has 13 heavy (non-hydrogen) atoms. The molecule has 0 aliphatic carbocycles. The Balaban J connectivity index is 0.00000144. The van der Waals surface area contributed by atoms with Crippen LogP contribution < -0.4 is 5.73 Å². The van der Waals surface area contributed by atoms with Crippen LogP contribution in [0.1, 0.15) is 11.8 Å². The lowest BCUT2D eigenvalue weighted by Gasteiger charge is -2.04. The number of methoxy groups -OCH3 is 1. The third-order valence-electron chi connectivity index (χ3n) is 1.36. The fourth-order valence-corrected chi connectivity index (χ4v) is 1.06. The minimum atomic E-state index is -0.846. The van der Waals surface area contributed by atoms with Crippen LogP contribution >= 0.6 is 28.3 Å². The van der Waals surface area contributed by atoms with Crippen molar-refractivity contribution >= 4 is 34.3 Å². The van der Waals surface area contributed by atoms with E-state index >= 15 is 0 Å². The van der Waals surface area contributed by atoms with E-state index in [1.54, 1.807) is 12.1 Å². The first kappa shape index (κ1) is 12.5. The lowest BCUT2D eigenvalue weighted by atomic mass is 10.2. The highest BCUT2D eigenvalue weighted by atomic mass is 79.9. The van der Waals surface area contributed by atoms with Gasteiger partial charge in [-0.25, -0.2) is 4.79 Å². The molecule has 1 aromatic rings. The Morgan fingerprint density at radius 3 is 2.69 bits per heavy atom. The summed E-state index contributed by atoms with van der Waals surface area (Å²) in [4.78, 5) is 10.9. The highest BCUT2D eigenvalue weighted by Gasteiger charge is 2.19. The predicted octanol–water partition coefficient (Wildman–Crippen LogP) is 1.64. The first-order valence-electron chi connectivity index (χ1n) is 3.24. The summed E-state index contributed by atoms with van der Waals surface area (Å²) in [6, 6.07) is 2.44. The molecule has 0 bridgehead atoms. The average molecular weight is 271 g/mol. The van der Waals surface area contributed by atoms with Crippen LogP contribution in [0.5, 0.6) is 0 Å². The number of ether oxygens (including phenoxy) is 1. The van der Waals surface area contributed by atoms with Crippen LogP contribution in [-0.2, 0) is 9.53 Å². The summed E-state index contributed by atoms with van der Waals surface area (Å²) < 4.78 is 10.0. The standard InChI is InChI=1S/C7H8BrNO3.ClH/c1-11-7(10)6(9)4-2-3-5(8)12-4;/h2-3,6H,9H2,1H3;1H/t6-;/m1./s1. The van der Waals surface area contributed by atoms with E-state index in [-0.39, 0.29) is 12.4 Å². The molecule has 0 unspecified atom stereocenters. The van der Waals surface area contributed by atoms with Gasteiger partial charge in [0.1, 0.15) is 5.76 Å². The van der Waals surface area contributed by atoms with Crippen molar-refractivity contribution in [3.8, 4) is 0 Å². The van der Waals surface area contributed by atoms with Gasteiger partial charge in [0.2, 0.25) is 0 Å². The fourth-order valence-electron chi connectivity index (χ4n) is 0.739. The van der Waals surface area contributed by atoms with Crippen molar-refractivity contribution in [3.63, 3.8) is 0 Å². The van der Waals surface area contributed by atoms with E-state index < -0.39 is 12.0 Å². The van der Waals surface area contributed by atoms with Gasteiger partial charge in [0.05, 0.1) is 7.11 Å². The maximum atomic E-state index is 10.9. The Kier molecular flexibility index (Phi) is 5.05. The van der Waals surface area contributed by atoms with E-state index in [4.69, 9.17) is 10.2 Å². The second kappa shape index (κ2) is 5.26. The first-order valence-corrected chi connectivity index (χ1v) is 4.03. The number of hydrogen-bond donors (Lipinski definition) is 1. The molecule has 0 radical (unpaired) electrons. The molecule has 0 aliphatic heterocycles. The Morgan fingerprint density at radius 1 is 1.69 bits per heavy atom. The van der Waals surface area contributed by atoms with Crippen LogP contribution in [0.15, 0.2) is 21.2 Å². The fraction of sp³-hybridized carbons (Fsp3) is 0.286. The topological polar surface area (TPSA) is 65.5 Å². The van der Waals surface area contributed by atoms with Gasteiger partial charge in [-0.3, -0.25) is 0 Å². The van der Waals surface area contributed by atoms with Crippen LogP contribution in [0.2, 0.25) is 0 Å². The van der Waals surface area contributed by atoms with Gasteiger partial charge in [-0.1, -0.05) is 0 Å². The second-order valence-corrected chi connectivity index (χ2v) is 2.92. The molecule has 4 nitrogen and oxygen atoms in total. The molecule has 1 atom stereocenters. The molecule has 2 N–H and O–H groups in total. The zero-order valence-corrected chi connectivity index (χ0v) is 9.22. The molecule has 0 amide bonds. The number of carbonyl (C=O) groups is 1. The number of nitrogens with two attached hydrogens (primary N) is 1. The molecule has 1 rings (SSSR count). The molecule has 1 aromatic heterocycles. The minimum absolute atomic E-state index is 0. The van der Waals surface area contributed by atoms with Crippen molar-refractivity contribution in [2.75, 3.05) is 7.11 Å². The lowest BCUT2D eigenvalue weighted by molar-refractivity contribution is -0.142. The molecular formula is C7H9BrClNO3. The van der Waals surface area contributed by atoms with Crippen molar-refractivity contribution < 1.29 is 13.9 Å². The smallest absolute Gasteiger partial charge is 0.330 e. The quantitative estimate of drug-likeness (QED) is 0.830. The molecule has 74 valence electrons.